The first-order valence-electron chi connectivity index (χ1n) is 9.81. The maximum atomic E-state index is 12.5. The minimum absolute atomic E-state index is 0.0115. The van der Waals surface area contributed by atoms with Crippen LogP contribution in [0.25, 0.3) is 11.3 Å². The summed E-state index contributed by atoms with van der Waals surface area (Å²) >= 11 is 6.55. The molecule has 0 saturated carbocycles. The van der Waals surface area contributed by atoms with Crippen molar-refractivity contribution < 1.29 is 18.9 Å². The molecule has 2 amide bonds. The first kappa shape index (κ1) is 22.8. The lowest BCUT2D eigenvalue weighted by Gasteiger charge is -2.10. The Labute approximate surface area is 202 Å². The molecule has 4 aromatic rings. The Morgan fingerprint density at radius 3 is 2.41 bits per heavy atom. The van der Waals surface area contributed by atoms with Crippen LogP contribution in [0.3, 0.4) is 0 Å². The first-order valence-corrected chi connectivity index (χ1v) is 11.1. The average Bonchev–Trinajstić information content (AvgIpc) is 3.52. The number of nitro benzene ring substituents is 1. The number of nitro groups is 1. The summed E-state index contributed by atoms with van der Waals surface area (Å²) in [5.41, 5.74) is 1.51. The molecule has 4 rings (SSSR count). The summed E-state index contributed by atoms with van der Waals surface area (Å²) in [5, 5.41) is 21.0. The number of thiophene rings is 1. The topological polar surface area (TPSA) is 127 Å². The number of nitrogens with zero attached hydrogens (tertiary/aromatic N) is 1. The molecule has 0 saturated heterocycles. The standard InChI is InChI=1S/C23H16N4O5S2/c28-21(19-10-9-18(32-19)14-4-1-7-17(12-14)27(30)31)26-23(33)25-16-6-2-5-15(13-16)24-22(29)20-8-3-11-34-20/h1-13H,(H,24,29)(H2,25,26,28,33). The van der Waals surface area contributed by atoms with Crippen LogP contribution in [0.1, 0.15) is 20.2 Å². The summed E-state index contributed by atoms with van der Waals surface area (Å²) in [6.45, 7) is 0. The van der Waals surface area contributed by atoms with E-state index in [-0.39, 0.29) is 22.5 Å². The fraction of sp³-hybridized carbons (Fsp3) is 0. The molecule has 0 atom stereocenters. The molecule has 0 unspecified atom stereocenters. The minimum Gasteiger partial charge on any atom is -0.451 e. The van der Waals surface area contributed by atoms with Gasteiger partial charge in [0.2, 0.25) is 0 Å². The Kier molecular flexibility index (Phi) is 6.76. The molecule has 2 heterocycles. The van der Waals surface area contributed by atoms with Crippen molar-refractivity contribution in [1.29, 1.82) is 0 Å². The summed E-state index contributed by atoms with van der Waals surface area (Å²) < 4.78 is 5.55. The van der Waals surface area contributed by atoms with Crippen LogP contribution in [0.4, 0.5) is 17.1 Å². The zero-order valence-electron chi connectivity index (χ0n) is 17.3. The summed E-state index contributed by atoms with van der Waals surface area (Å²) in [6, 6.07) is 19.3. The van der Waals surface area contributed by atoms with Crippen molar-refractivity contribution in [2.24, 2.45) is 0 Å². The van der Waals surface area contributed by atoms with Gasteiger partial charge in [-0.3, -0.25) is 25.0 Å². The van der Waals surface area contributed by atoms with E-state index in [9.17, 15) is 19.7 Å². The lowest BCUT2D eigenvalue weighted by Crippen LogP contribution is -2.33. The quantitative estimate of drug-likeness (QED) is 0.189. The molecule has 0 bridgehead atoms. The lowest BCUT2D eigenvalue weighted by atomic mass is 10.1. The Balaban J connectivity index is 1.37. The van der Waals surface area contributed by atoms with Gasteiger partial charge >= 0.3 is 0 Å². The Morgan fingerprint density at radius 2 is 1.68 bits per heavy atom. The van der Waals surface area contributed by atoms with E-state index in [0.29, 0.717) is 27.6 Å². The fourth-order valence-corrected chi connectivity index (χ4v) is 3.82. The number of amides is 2. The number of non-ortho nitro benzene ring substituents is 1. The maximum absolute atomic E-state index is 12.5. The molecular weight excluding hydrogens is 476 g/mol. The van der Waals surface area contributed by atoms with Crippen molar-refractivity contribution in [3.63, 3.8) is 0 Å². The van der Waals surface area contributed by atoms with Crippen LogP contribution in [0.15, 0.2) is 82.6 Å². The summed E-state index contributed by atoms with van der Waals surface area (Å²) in [6.07, 6.45) is 0. The highest BCUT2D eigenvalue weighted by Crippen LogP contribution is 2.26. The third-order valence-electron chi connectivity index (χ3n) is 4.52. The highest BCUT2D eigenvalue weighted by molar-refractivity contribution is 7.80. The zero-order valence-corrected chi connectivity index (χ0v) is 18.9. The second-order valence-corrected chi connectivity index (χ2v) is 8.25. The largest absolute Gasteiger partial charge is 0.451 e. The number of carbonyl (C=O) groups is 2. The van der Waals surface area contributed by atoms with E-state index >= 15 is 0 Å². The monoisotopic (exact) mass is 492 g/mol. The van der Waals surface area contributed by atoms with Crippen LogP contribution in [-0.4, -0.2) is 21.9 Å². The predicted molar refractivity (Wildman–Crippen MR) is 133 cm³/mol. The second-order valence-electron chi connectivity index (χ2n) is 6.89. The Hall–Kier alpha value is -4.35. The molecule has 0 fully saturated rings. The van der Waals surface area contributed by atoms with Crippen molar-refractivity contribution in [2.75, 3.05) is 10.6 Å². The smallest absolute Gasteiger partial charge is 0.293 e. The van der Waals surface area contributed by atoms with E-state index in [4.69, 9.17) is 16.6 Å². The van der Waals surface area contributed by atoms with Gasteiger partial charge in [-0.25, -0.2) is 0 Å². The van der Waals surface area contributed by atoms with Gasteiger partial charge in [-0.1, -0.05) is 24.3 Å². The van der Waals surface area contributed by atoms with Crippen molar-refractivity contribution >= 4 is 57.5 Å². The number of nitrogens with one attached hydrogen (secondary N) is 3. The molecule has 0 radical (unpaired) electrons. The molecule has 34 heavy (non-hydrogen) atoms. The van der Waals surface area contributed by atoms with Gasteiger partial charge < -0.3 is 15.1 Å². The number of thiocarbonyl (C=S) groups is 1. The van der Waals surface area contributed by atoms with Gasteiger partial charge in [0.25, 0.3) is 17.5 Å². The third kappa shape index (κ3) is 5.52. The first-order chi connectivity index (χ1) is 16.4. The van der Waals surface area contributed by atoms with Gasteiger partial charge in [0.05, 0.1) is 9.80 Å². The van der Waals surface area contributed by atoms with Gasteiger partial charge in [-0.15, -0.1) is 11.3 Å². The van der Waals surface area contributed by atoms with Crippen molar-refractivity contribution in [2.45, 2.75) is 0 Å². The third-order valence-corrected chi connectivity index (χ3v) is 5.59. The Bertz CT molecular complexity index is 1380. The van der Waals surface area contributed by atoms with Crippen molar-refractivity contribution in [3.05, 3.63) is 98.9 Å². The maximum Gasteiger partial charge on any atom is 0.293 e. The van der Waals surface area contributed by atoms with Crippen LogP contribution in [0.2, 0.25) is 0 Å². The normalized spacial score (nSPS) is 10.4. The van der Waals surface area contributed by atoms with E-state index in [1.165, 1.54) is 35.6 Å². The zero-order chi connectivity index (χ0) is 24.1. The number of anilines is 2. The van der Waals surface area contributed by atoms with Gasteiger partial charge in [0, 0.05) is 29.1 Å². The average molecular weight is 493 g/mol. The van der Waals surface area contributed by atoms with E-state index in [1.807, 2.05) is 5.38 Å². The van der Waals surface area contributed by atoms with Crippen molar-refractivity contribution in [3.8, 4) is 11.3 Å². The van der Waals surface area contributed by atoms with Gasteiger partial charge in [-0.2, -0.15) is 0 Å². The molecule has 0 aliphatic rings. The molecule has 2 aromatic carbocycles. The Morgan fingerprint density at radius 1 is 0.912 bits per heavy atom. The molecule has 11 heteroatoms. The number of carbonyl (C=O) groups excluding carboxylic acids is 2. The molecule has 0 aliphatic heterocycles. The molecular formula is C23H16N4O5S2. The van der Waals surface area contributed by atoms with Crippen LogP contribution < -0.4 is 16.0 Å². The van der Waals surface area contributed by atoms with Crippen LogP contribution in [0, 0.1) is 10.1 Å². The van der Waals surface area contributed by atoms with E-state index in [0.717, 1.165) is 0 Å². The minimum atomic E-state index is -0.587. The molecule has 9 nitrogen and oxygen atoms in total. The van der Waals surface area contributed by atoms with Gasteiger partial charge in [-0.05, 0) is 54.0 Å². The van der Waals surface area contributed by atoms with Gasteiger partial charge in [0.1, 0.15) is 5.76 Å². The number of hydrogen-bond acceptors (Lipinski definition) is 7. The fourth-order valence-electron chi connectivity index (χ4n) is 2.99. The molecule has 2 aromatic heterocycles. The van der Waals surface area contributed by atoms with Crippen molar-refractivity contribution in [1.82, 2.24) is 5.32 Å². The number of benzene rings is 2. The highest BCUT2D eigenvalue weighted by Gasteiger charge is 2.16. The molecule has 0 spiro atoms. The van der Waals surface area contributed by atoms with E-state index in [2.05, 4.69) is 16.0 Å². The van der Waals surface area contributed by atoms with Crippen LogP contribution >= 0.6 is 23.6 Å². The number of hydrogen-bond donors (Lipinski definition) is 3. The highest BCUT2D eigenvalue weighted by atomic mass is 32.1. The SMILES string of the molecule is O=C(NC(=S)Nc1cccc(NC(=O)c2cccs2)c1)c1ccc(-c2cccc([N+](=O)[O-])c2)o1. The van der Waals surface area contributed by atoms with Crippen LogP contribution in [0.5, 0.6) is 0 Å². The molecule has 170 valence electrons. The van der Waals surface area contributed by atoms with E-state index in [1.54, 1.807) is 48.5 Å². The summed E-state index contributed by atoms with van der Waals surface area (Å²) in [5.74, 6) is -0.513. The molecule has 3 N–H and O–H groups in total. The summed E-state index contributed by atoms with van der Waals surface area (Å²) in [7, 11) is 0. The number of rotatable bonds is 6. The van der Waals surface area contributed by atoms with E-state index < -0.39 is 10.8 Å². The van der Waals surface area contributed by atoms with Gasteiger partial charge in [0.15, 0.2) is 10.9 Å². The summed E-state index contributed by atoms with van der Waals surface area (Å²) in [4.78, 5) is 35.8. The number of furan rings is 1. The van der Waals surface area contributed by atoms with Crippen LogP contribution in [-0.2, 0) is 0 Å². The lowest BCUT2D eigenvalue weighted by molar-refractivity contribution is -0.384. The molecule has 0 aliphatic carbocycles. The second kappa shape index (κ2) is 10.1. The predicted octanol–water partition coefficient (Wildman–Crippen LogP) is 5.30.